The van der Waals surface area contributed by atoms with Crippen LogP contribution in [0.25, 0.3) is 0 Å². The van der Waals surface area contributed by atoms with Crippen LogP contribution in [0.15, 0.2) is 40.2 Å². The Morgan fingerprint density at radius 1 is 1.43 bits per heavy atom. The number of para-hydroxylation sites is 1. The van der Waals surface area contributed by atoms with Crippen molar-refractivity contribution >= 4 is 34.7 Å². The van der Waals surface area contributed by atoms with Crippen LogP contribution in [-0.2, 0) is 4.79 Å². The SMILES string of the molecule is O=C1CC[C@H](CNc2ccccc2F)N1CCSc1nccs1. The van der Waals surface area contributed by atoms with Gasteiger partial charge in [-0.05, 0) is 18.6 Å². The van der Waals surface area contributed by atoms with Crippen molar-refractivity contribution in [2.75, 3.05) is 24.2 Å². The van der Waals surface area contributed by atoms with Gasteiger partial charge in [0.1, 0.15) is 10.2 Å². The average Bonchev–Trinajstić information content (AvgIpc) is 3.18. The lowest BCUT2D eigenvalue weighted by molar-refractivity contribution is -0.128. The summed E-state index contributed by atoms with van der Waals surface area (Å²) < 4.78 is 14.7. The van der Waals surface area contributed by atoms with Gasteiger partial charge in [0.2, 0.25) is 5.91 Å². The zero-order chi connectivity index (χ0) is 16.1. The highest BCUT2D eigenvalue weighted by atomic mass is 32.2. The first-order valence-corrected chi connectivity index (χ1v) is 9.41. The van der Waals surface area contributed by atoms with Crippen LogP contribution in [0.4, 0.5) is 10.1 Å². The lowest BCUT2D eigenvalue weighted by atomic mass is 10.2. The molecule has 7 heteroatoms. The number of halogens is 1. The Bertz CT molecular complexity index is 651. The Hall–Kier alpha value is -1.60. The van der Waals surface area contributed by atoms with Crippen molar-refractivity contribution in [1.82, 2.24) is 9.88 Å². The molecule has 1 amide bonds. The van der Waals surface area contributed by atoms with Gasteiger partial charge in [-0.2, -0.15) is 0 Å². The molecule has 0 aliphatic carbocycles. The number of benzene rings is 1. The molecular weight excluding hydrogens is 333 g/mol. The maximum atomic E-state index is 13.6. The highest BCUT2D eigenvalue weighted by molar-refractivity contribution is 8.01. The van der Waals surface area contributed by atoms with Gasteiger partial charge in [-0.25, -0.2) is 9.37 Å². The zero-order valence-corrected chi connectivity index (χ0v) is 14.2. The molecular formula is C16H18FN3OS2. The fourth-order valence-corrected chi connectivity index (χ4v) is 4.30. The lowest BCUT2D eigenvalue weighted by Crippen LogP contribution is -2.39. The van der Waals surface area contributed by atoms with Crippen LogP contribution < -0.4 is 5.32 Å². The molecule has 2 aromatic rings. The Balaban J connectivity index is 1.51. The van der Waals surface area contributed by atoms with Gasteiger partial charge in [0.25, 0.3) is 0 Å². The van der Waals surface area contributed by atoms with Gasteiger partial charge >= 0.3 is 0 Å². The molecule has 1 aliphatic heterocycles. The molecule has 1 aliphatic rings. The van der Waals surface area contributed by atoms with E-state index in [9.17, 15) is 9.18 Å². The molecule has 0 saturated carbocycles. The van der Waals surface area contributed by atoms with Gasteiger partial charge in [0.15, 0.2) is 0 Å². The Morgan fingerprint density at radius 2 is 2.30 bits per heavy atom. The number of rotatable bonds is 7. The van der Waals surface area contributed by atoms with E-state index < -0.39 is 0 Å². The first-order valence-electron chi connectivity index (χ1n) is 7.54. The first-order chi connectivity index (χ1) is 11.2. The quantitative estimate of drug-likeness (QED) is 0.776. The highest BCUT2D eigenvalue weighted by Gasteiger charge is 2.30. The number of carbonyl (C=O) groups excluding carboxylic acids is 1. The molecule has 1 aromatic heterocycles. The smallest absolute Gasteiger partial charge is 0.222 e. The van der Waals surface area contributed by atoms with Crippen molar-refractivity contribution in [3.63, 3.8) is 0 Å². The summed E-state index contributed by atoms with van der Waals surface area (Å²) in [7, 11) is 0. The zero-order valence-electron chi connectivity index (χ0n) is 12.6. The minimum Gasteiger partial charge on any atom is -0.381 e. The number of likely N-dealkylation sites (tertiary alicyclic amines) is 1. The number of amides is 1. The summed E-state index contributed by atoms with van der Waals surface area (Å²) >= 11 is 3.28. The minimum atomic E-state index is -0.261. The molecule has 122 valence electrons. The van der Waals surface area contributed by atoms with E-state index in [4.69, 9.17) is 0 Å². The molecule has 2 heterocycles. The Morgan fingerprint density at radius 3 is 3.09 bits per heavy atom. The van der Waals surface area contributed by atoms with E-state index in [1.165, 1.54) is 6.07 Å². The number of anilines is 1. The summed E-state index contributed by atoms with van der Waals surface area (Å²) in [6.45, 7) is 1.28. The van der Waals surface area contributed by atoms with E-state index in [1.807, 2.05) is 10.3 Å². The van der Waals surface area contributed by atoms with Crippen molar-refractivity contribution in [2.45, 2.75) is 23.2 Å². The summed E-state index contributed by atoms with van der Waals surface area (Å²) in [6, 6.07) is 6.74. The van der Waals surface area contributed by atoms with Gasteiger partial charge in [0.05, 0.1) is 5.69 Å². The summed E-state index contributed by atoms with van der Waals surface area (Å²) in [5.74, 6) is 0.753. The molecule has 0 radical (unpaired) electrons. The monoisotopic (exact) mass is 351 g/mol. The Kier molecular flexibility index (Phi) is 5.51. The van der Waals surface area contributed by atoms with Crippen molar-refractivity contribution < 1.29 is 9.18 Å². The van der Waals surface area contributed by atoms with Gasteiger partial charge in [-0.1, -0.05) is 23.9 Å². The molecule has 0 bridgehead atoms. The van der Waals surface area contributed by atoms with Crippen molar-refractivity contribution in [3.8, 4) is 0 Å². The maximum absolute atomic E-state index is 13.6. The fraction of sp³-hybridized carbons (Fsp3) is 0.375. The van der Waals surface area contributed by atoms with Crippen molar-refractivity contribution in [3.05, 3.63) is 41.7 Å². The summed E-state index contributed by atoms with van der Waals surface area (Å²) in [5.41, 5.74) is 0.490. The largest absolute Gasteiger partial charge is 0.381 e. The molecule has 1 fully saturated rings. The minimum absolute atomic E-state index is 0.124. The first kappa shape index (κ1) is 16.3. The van der Waals surface area contributed by atoms with E-state index in [0.717, 1.165) is 16.5 Å². The summed E-state index contributed by atoms with van der Waals surface area (Å²) in [6.07, 6.45) is 3.18. The molecule has 3 rings (SSSR count). The molecule has 1 atom stereocenters. The maximum Gasteiger partial charge on any atom is 0.222 e. The molecule has 1 N–H and O–H groups in total. The van der Waals surface area contributed by atoms with Crippen LogP contribution in [0, 0.1) is 5.82 Å². The van der Waals surface area contributed by atoms with Gasteiger partial charge in [-0.15, -0.1) is 11.3 Å². The molecule has 4 nitrogen and oxygen atoms in total. The second-order valence-electron chi connectivity index (χ2n) is 5.29. The standard InChI is InChI=1S/C16H18FN3OS2/c17-13-3-1-2-4-14(13)19-11-12-5-6-15(21)20(12)8-10-23-16-18-7-9-22-16/h1-4,7,9,12,19H,5-6,8,10-11H2/t12-/m1/s1. The summed E-state index contributed by atoms with van der Waals surface area (Å²) in [4.78, 5) is 18.2. The Labute approximate surface area is 143 Å². The van der Waals surface area contributed by atoms with Crippen LogP contribution in [0.2, 0.25) is 0 Å². The van der Waals surface area contributed by atoms with E-state index in [2.05, 4.69) is 10.3 Å². The van der Waals surface area contributed by atoms with Gasteiger partial charge in [-0.3, -0.25) is 4.79 Å². The predicted molar refractivity (Wildman–Crippen MR) is 92.5 cm³/mol. The molecule has 1 aromatic carbocycles. The van der Waals surface area contributed by atoms with Gasteiger partial charge < -0.3 is 10.2 Å². The second-order valence-corrected chi connectivity index (χ2v) is 7.52. The third kappa shape index (κ3) is 4.23. The average molecular weight is 351 g/mol. The lowest BCUT2D eigenvalue weighted by Gasteiger charge is -2.25. The van der Waals surface area contributed by atoms with E-state index in [-0.39, 0.29) is 17.8 Å². The van der Waals surface area contributed by atoms with Crippen LogP contribution in [0.3, 0.4) is 0 Å². The van der Waals surface area contributed by atoms with Crippen LogP contribution in [-0.4, -0.2) is 40.7 Å². The normalized spacial score (nSPS) is 17.7. The topological polar surface area (TPSA) is 45.2 Å². The molecule has 23 heavy (non-hydrogen) atoms. The third-order valence-electron chi connectivity index (χ3n) is 3.82. The number of carbonyl (C=O) groups is 1. The van der Waals surface area contributed by atoms with Crippen molar-refractivity contribution in [1.29, 1.82) is 0 Å². The van der Waals surface area contributed by atoms with Crippen LogP contribution in [0.5, 0.6) is 0 Å². The number of hydrogen-bond acceptors (Lipinski definition) is 5. The number of nitrogens with one attached hydrogen (secondary N) is 1. The van der Waals surface area contributed by atoms with E-state index in [0.29, 0.717) is 25.2 Å². The fourth-order valence-electron chi connectivity index (χ4n) is 2.66. The number of thiazole rings is 1. The highest BCUT2D eigenvalue weighted by Crippen LogP contribution is 2.24. The third-order valence-corrected chi connectivity index (χ3v) is 5.77. The number of nitrogens with zero attached hydrogens (tertiary/aromatic N) is 2. The van der Waals surface area contributed by atoms with Gasteiger partial charge in [0, 0.05) is 42.9 Å². The van der Waals surface area contributed by atoms with Crippen molar-refractivity contribution in [2.24, 2.45) is 0 Å². The molecule has 1 saturated heterocycles. The number of aromatic nitrogens is 1. The van der Waals surface area contributed by atoms with Crippen LogP contribution in [0.1, 0.15) is 12.8 Å². The molecule has 0 spiro atoms. The van der Waals surface area contributed by atoms with E-state index in [1.54, 1.807) is 47.5 Å². The summed E-state index contributed by atoms with van der Waals surface area (Å²) in [5, 5.41) is 5.07. The molecule has 0 unspecified atom stereocenters. The predicted octanol–water partition coefficient (Wildman–Crippen LogP) is 3.48. The number of thioether (sulfide) groups is 1. The van der Waals surface area contributed by atoms with Crippen LogP contribution >= 0.6 is 23.1 Å². The van der Waals surface area contributed by atoms with E-state index >= 15 is 0 Å². The number of hydrogen-bond donors (Lipinski definition) is 1. The second kappa shape index (κ2) is 7.79.